The van der Waals surface area contributed by atoms with Crippen LogP contribution in [0.25, 0.3) is 11.1 Å². The number of nitrogens with zero attached hydrogens (tertiary/aromatic N) is 2. The van der Waals surface area contributed by atoms with Gasteiger partial charge in [-0.2, -0.15) is 0 Å². The van der Waals surface area contributed by atoms with Gasteiger partial charge in [0, 0.05) is 37.4 Å². The second-order valence-electron chi connectivity index (χ2n) is 9.90. The predicted molar refractivity (Wildman–Crippen MR) is 149 cm³/mol. The fraction of sp³-hybridized carbons (Fsp3) is 0.406. The van der Waals surface area contributed by atoms with E-state index in [-0.39, 0.29) is 11.8 Å². The molecule has 1 aliphatic rings. The number of rotatable bonds is 11. The van der Waals surface area contributed by atoms with Crippen LogP contribution in [0, 0.1) is 5.82 Å². The largest absolute Gasteiger partial charge is 0.465 e. The lowest BCUT2D eigenvalue weighted by Gasteiger charge is -2.37. The van der Waals surface area contributed by atoms with E-state index in [1.54, 1.807) is 6.07 Å². The van der Waals surface area contributed by atoms with E-state index in [4.69, 9.17) is 4.74 Å². The SMILES string of the molecule is CCCOC(=O)C(CC)(CCCN1CCN(c2ccc(-c3ccccc3F)cc2)CC1)c1ccccc1. The molecule has 196 valence electrons. The molecule has 3 aromatic rings. The summed E-state index contributed by atoms with van der Waals surface area (Å²) in [4.78, 5) is 18.1. The first-order chi connectivity index (χ1) is 18.1. The van der Waals surface area contributed by atoms with Crippen molar-refractivity contribution in [3.05, 3.63) is 90.2 Å². The highest BCUT2D eigenvalue weighted by Gasteiger charge is 2.39. The van der Waals surface area contributed by atoms with Gasteiger partial charge in [0.05, 0.1) is 12.0 Å². The Labute approximate surface area is 221 Å². The summed E-state index contributed by atoms with van der Waals surface area (Å²) in [5.41, 5.74) is 3.18. The predicted octanol–water partition coefficient (Wildman–Crippen LogP) is 6.70. The van der Waals surface area contributed by atoms with Crippen molar-refractivity contribution in [1.29, 1.82) is 0 Å². The van der Waals surface area contributed by atoms with Crippen LogP contribution in [0.2, 0.25) is 0 Å². The van der Waals surface area contributed by atoms with Gasteiger partial charge < -0.3 is 9.64 Å². The summed E-state index contributed by atoms with van der Waals surface area (Å²) in [6.07, 6.45) is 3.29. The molecule has 0 aliphatic carbocycles. The minimum absolute atomic E-state index is 0.0910. The molecule has 1 fully saturated rings. The molecule has 1 aliphatic heterocycles. The smallest absolute Gasteiger partial charge is 0.316 e. The maximum Gasteiger partial charge on any atom is 0.316 e. The quantitative estimate of drug-likeness (QED) is 0.273. The van der Waals surface area contributed by atoms with Crippen molar-refractivity contribution < 1.29 is 13.9 Å². The molecule has 4 rings (SSSR count). The normalized spacial score (nSPS) is 15.8. The van der Waals surface area contributed by atoms with Gasteiger partial charge in [0.25, 0.3) is 0 Å². The zero-order chi connectivity index (χ0) is 26.1. The van der Waals surface area contributed by atoms with E-state index in [1.807, 2.05) is 49.4 Å². The van der Waals surface area contributed by atoms with Gasteiger partial charge in [-0.25, -0.2) is 4.39 Å². The Morgan fingerprint density at radius 2 is 1.57 bits per heavy atom. The lowest BCUT2D eigenvalue weighted by Crippen LogP contribution is -2.47. The van der Waals surface area contributed by atoms with E-state index in [1.165, 1.54) is 11.8 Å². The number of benzene rings is 3. The summed E-state index contributed by atoms with van der Waals surface area (Å²) in [5.74, 6) is -0.284. The summed E-state index contributed by atoms with van der Waals surface area (Å²) in [6, 6.07) is 25.2. The minimum atomic E-state index is -0.585. The van der Waals surface area contributed by atoms with Gasteiger partial charge >= 0.3 is 5.97 Å². The van der Waals surface area contributed by atoms with Crippen molar-refractivity contribution in [3.8, 4) is 11.1 Å². The average Bonchev–Trinajstić information content (AvgIpc) is 2.95. The Morgan fingerprint density at radius 3 is 2.22 bits per heavy atom. The highest BCUT2D eigenvalue weighted by molar-refractivity contribution is 5.83. The van der Waals surface area contributed by atoms with Gasteiger partial charge in [-0.1, -0.05) is 74.5 Å². The molecule has 4 nitrogen and oxygen atoms in total. The number of hydrogen-bond donors (Lipinski definition) is 0. The Hall–Kier alpha value is -3.18. The van der Waals surface area contributed by atoms with Gasteiger partial charge in [-0.3, -0.25) is 9.69 Å². The van der Waals surface area contributed by atoms with Crippen LogP contribution in [-0.2, 0) is 14.9 Å². The van der Waals surface area contributed by atoms with Crippen LogP contribution in [0.4, 0.5) is 10.1 Å². The first kappa shape index (κ1) is 26.9. The lowest BCUT2D eigenvalue weighted by atomic mass is 9.74. The second-order valence-corrected chi connectivity index (χ2v) is 9.90. The molecular formula is C32H39FN2O2. The number of carbonyl (C=O) groups is 1. The fourth-order valence-electron chi connectivity index (χ4n) is 5.36. The molecule has 0 bridgehead atoms. The Kier molecular flexibility index (Phi) is 9.34. The fourth-order valence-corrected chi connectivity index (χ4v) is 5.36. The van der Waals surface area contributed by atoms with Crippen molar-refractivity contribution in [3.63, 3.8) is 0 Å². The zero-order valence-corrected chi connectivity index (χ0v) is 22.2. The molecule has 0 saturated carbocycles. The Bertz CT molecular complexity index is 1130. The van der Waals surface area contributed by atoms with E-state index in [2.05, 4.69) is 41.0 Å². The number of halogens is 1. The van der Waals surface area contributed by atoms with Crippen LogP contribution in [0.5, 0.6) is 0 Å². The van der Waals surface area contributed by atoms with Crippen LogP contribution >= 0.6 is 0 Å². The molecule has 1 atom stereocenters. The Balaban J connectivity index is 1.32. The third-order valence-electron chi connectivity index (χ3n) is 7.63. The van der Waals surface area contributed by atoms with Crippen LogP contribution in [-0.4, -0.2) is 50.2 Å². The molecule has 0 radical (unpaired) electrons. The third kappa shape index (κ3) is 6.40. The first-order valence-corrected chi connectivity index (χ1v) is 13.6. The molecule has 3 aromatic carbocycles. The minimum Gasteiger partial charge on any atom is -0.465 e. The molecular weight excluding hydrogens is 463 g/mol. The summed E-state index contributed by atoms with van der Waals surface area (Å²) >= 11 is 0. The van der Waals surface area contributed by atoms with Gasteiger partial charge in [-0.15, -0.1) is 0 Å². The maximum absolute atomic E-state index is 14.1. The number of ether oxygens (including phenoxy) is 1. The number of anilines is 1. The molecule has 0 amide bonds. The number of carbonyl (C=O) groups excluding carboxylic acids is 1. The van der Waals surface area contributed by atoms with Crippen molar-refractivity contribution in [2.24, 2.45) is 0 Å². The summed E-state index contributed by atoms with van der Waals surface area (Å²) in [6.45, 7) is 9.44. The van der Waals surface area contributed by atoms with Gasteiger partial charge in [0.1, 0.15) is 5.82 Å². The molecule has 0 spiro atoms. The first-order valence-electron chi connectivity index (χ1n) is 13.6. The van der Waals surface area contributed by atoms with Crippen LogP contribution in [0.3, 0.4) is 0 Å². The van der Waals surface area contributed by atoms with Crippen molar-refractivity contribution in [2.75, 3.05) is 44.2 Å². The van der Waals surface area contributed by atoms with Crippen molar-refractivity contribution >= 4 is 11.7 Å². The molecule has 1 saturated heterocycles. The van der Waals surface area contributed by atoms with Crippen molar-refractivity contribution in [1.82, 2.24) is 4.90 Å². The van der Waals surface area contributed by atoms with Crippen molar-refractivity contribution in [2.45, 2.75) is 44.9 Å². The van der Waals surface area contributed by atoms with Crippen LogP contribution in [0.1, 0.15) is 45.1 Å². The van der Waals surface area contributed by atoms with Crippen LogP contribution in [0.15, 0.2) is 78.9 Å². The molecule has 0 aromatic heterocycles. The number of esters is 1. The maximum atomic E-state index is 14.1. The summed E-state index contributed by atoms with van der Waals surface area (Å²) in [5, 5.41) is 0. The molecule has 1 unspecified atom stereocenters. The second kappa shape index (κ2) is 12.9. The molecule has 0 N–H and O–H groups in total. The topological polar surface area (TPSA) is 32.8 Å². The monoisotopic (exact) mass is 502 g/mol. The molecule has 1 heterocycles. The van der Waals surface area contributed by atoms with Gasteiger partial charge in [-0.05, 0) is 61.6 Å². The van der Waals surface area contributed by atoms with E-state index >= 15 is 0 Å². The highest BCUT2D eigenvalue weighted by atomic mass is 19.1. The number of piperazine rings is 1. The molecule has 37 heavy (non-hydrogen) atoms. The van der Waals surface area contributed by atoms with E-state index in [0.717, 1.165) is 69.5 Å². The van der Waals surface area contributed by atoms with Gasteiger partial charge in [0.15, 0.2) is 0 Å². The average molecular weight is 503 g/mol. The summed E-state index contributed by atoms with van der Waals surface area (Å²) in [7, 11) is 0. The van der Waals surface area contributed by atoms with E-state index in [0.29, 0.717) is 12.2 Å². The summed E-state index contributed by atoms with van der Waals surface area (Å²) < 4.78 is 19.8. The van der Waals surface area contributed by atoms with Gasteiger partial charge in [0.2, 0.25) is 0 Å². The lowest BCUT2D eigenvalue weighted by molar-refractivity contribution is -0.151. The third-order valence-corrected chi connectivity index (χ3v) is 7.63. The standard InChI is InChI=1S/C32H39FN2O2/c1-3-25-37-31(36)32(4-2,27-11-6-5-7-12-27)19-10-20-34-21-23-35(24-22-34)28-17-15-26(16-18-28)29-13-8-9-14-30(29)33/h5-9,11-18H,3-4,10,19-25H2,1-2H3. The van der Waals surface area contributed by atoms with Crippen LogP contribution < -0.4 is 4.90 Å². The molecule has 5 heteroatoms. The highest BCUT2D eigenvalue weighted by Crippen LogP contribution is 2.35. The Morgan fingerprint density at radius 1 is 0.892 bits per heavy atom. The zero-order valence-electron chi connectivity index (χ0n) is 22.2. The number of hydrogen-bond acceptors (Lipinski definition) is 4. The van der Waals surface area contributed by atoms with E-state index < -0.39 is 5.41 Å². The van der Waals surface area contributed by atoms with E-state index in [9.17, 15) is 9.18 Å².